The van der Waals surface area contributed by atoms with Crippen LogP contribution < -0.4 is 0 Å². The predicted octanol–water partition coefficient (Wildman–Crippen LogP) is 7.87. The highest BCUT2D eigenvalue weighted by molar-refractivity contribution is 5.62. The quantitative estimate of drug-likeness (QED) is 0.395. The smallest absolute Gasteiger partial charge is 0.0159 e. The van der Waals surface area contributed by atoms with Gasteiger partial charge in [0.15, 0.2) is 0 Å². The van der Waals surface area contributed by atoms with E-state index in [0.29, 0.717) is 0 Å². The van der Waals surface area contributed by atoms with Gasteiger partial charge in [-0.15, -0.1) is 0 Å². The largest absolute Gasteiger partial charge is 0.0761 e. The summed E-state index contributed by atoms with van der Waals surface area (Å²) in [6, 6.07) is 0. The average molecular weight is 337 g/mol. The molecule has 0 amide bonds. The molecule has 0 aromatic heterocycles. The minimum atomic E-state index is 0.0312. The molecule has 0 atom stereocenters. The molecule has 0 N–H and O–H groups in total. The first-order chi connectivity index (χ1) is 11.8. The molecule has 0 aromatic rings. The van der Waals surface area contributed by atoms with Crippen LogP contribution in [0.1, 0.15) is 75.2 Å². The topological polar surface area (TPSA) is 0 Å². The van der Waals surface area contributed by atoms with Crippen molar-refractivity contribution < 1.29 is 0 Å². The number of hydrogen-bond acceptors (Lipinski definition) is 0. The fraction of sp³-hybridized carbons (Fsp3) is 0.520. The Kier molecular flexibility index (Phi) is 7.30. The zero-order valence-corrected chi connectivity index (χ0v) is 17.8. The van der Waals surface area contributed by atoms with E-state index in [0.717, 1.165) is 6.42 Å². The second-order valence-electron chi connectivity index (χ2n) is 7.78. The Bertz CT molecular complexity index is 714. The van der Waals surface area contributed by atoms with Crippen molar-refractivity contribution in [3.63, 3.8) is 0 Å². The van der Waals surface area contributed by atoms with Gasteiger partial charge in [-0.3, -0.25) is 0 Å². The number of allylic oxidation sites excluding steroid dienone is 10. The molecule has 0 heteroatoms. The molecule has 25 heavy (non-hydrogen) atoms. The van der Waals surface area contributed by atoms with Gasteiger partial charge >= 0.3 is 0 Å². The van der Waals surface area contributed by atoms with Crippen LogP contribution in [0.15, 0.2) is 69.7 Å². The van der Waals surface area contributed by atoms with E-state index >= 15 is 0 Å². The number of fused-ring (bicyclic) bond motifs is 1. The third-order valence-corrected chi connectivity index (χ3v) is 4.95. The van der Waals surface area contributed by atoms with Crippen molar-refractivity contribution in [2.75, 3.05) is 0 Å². The molecule has 3 aliphatic rings. The minimum absolute atomic E-state index is 0.0312. The average Bonchev–Trinajstić information content (AvgIpc) is 2.79. The molecule has 0 fully saturated rings. The number of rotatable bonds is 0. The van der Waals surface area contributed by atoms with Crippen LogP contribution in [0.5, 0.6) is 0 Å². The van der Waals surface area contributed by atoms with Gasteiger partial charge < -0.3 is 0 Å². The lowest BCUT2D eigenvalue weighted by atomic mass is 9.57. The van der Waals surface area contributed by atoms with Crippen molar-refractivity contribution in [3.05, 3.63) is 69.7 Å². The van der Waals surface area contributed by atoms with Crippen LogP contribution in [0.25, 0.3) is 0 Å². The maximum atomic E-state index is 3.15. The van der Waals surface area contributed by atoms with Crippen LogP contribution in [0, 0.1) is 10.8 Å². The van der Waals surface area contributed by atoms with E-state index in [1.165, 1.54) is 34.3 Å². The first-order valence-electron chi connectivity index (χ1n) is 9.78. The van der Waals surface area contributed by atoms with Crippen molar-refractivity contribution >= 4 is 0 Å². The summed E-state index contributed by atoms with van der Waals surface area (Å²) in [5, 5.41) is 0. The third kappa shape index (κ3) is 4.09. The normalized spacial score (nSPS) is 21.2. The van der Waals surface area contributed by atoms with E-state index in [9.17, 15) is 0 Å². The molecule has 0 radical (unpaired) electrons. The Morgan fingerprint density at radius 3 is 1.76 bits per heavy atom. The molecule has 0 nitrogen and oxygen atoms in total. The molecule has 0 aliphatic heterocycles. The maximum Gasteiger partial charge on any atom is 0.0159 e. The first kappa shape index (κ1) is 21.3. The van der Waals surface area contributed by atoms with Crippen molar-refractivity contribution in [1.82, 2.24) is 0 Å². The fourth-order valence-corrected chi connectivity index (χ4v) is 3.60. The van der Waals surface area contributed by atoms with Gasteiger partial charge in [0.25, 0.3) is 0 Å². The molecule has 0 bridgehead atoms. The van der Waals surface area contributed by atoms with Crippen molar-refractivity contribution in [1.29, 1.82) is 0 Å². The Morgan fingerprint density at radius 2 is 1.28 bits per heavy atom. The van der Waals surface area contributed by atoms with Gasteiger partial charge in [0.1, 0.15) is 0 Å². The lowest BCUT2D eigenvalue weighted by molar-refractivity contribution is 0.440. The van der Waals surface area contributed by atoms with E-state index in [2.05, 4.69) is 90.3 Å². The number of hydrogen-bond donors (Lipinski definition) is 0. The third-order valence-electron chi connectivity index (χ3n) is 4.95. The van der Waals surface area contributed by atoms with Crippen LogP contribution in [-0.2, 0) is 0 Å². The van der Waals surface area contributed by atoms with E-state index in [1.807, 2.05) is 13.8 Å². The predicted molar refractivity (Wildman–Crippen MR) is 113 cm³/mol. The van der Waals surface area contributed by atoms with Crippen LogP contribution >= 0.6 is 0 Å². The van der Waals surface area contributed by atoms with Crippen LogP contribution in [0.3, 0.4) is 0 Å². The highest BCUT2D eigenvalue weighted by Gasteiger charge is 2.44. The molecule has 136 valence electrons. The van der Waals surface area contributed by atoms with Crippen molar-refractivity contribution in [3.8, 4) is 0 Å². The van der Waals surface area contributed by atoms with Crippen LogP contribution in [-0.4, -0.2) is 0 Å². The summed E-state index contributed by atoms with van der Waals surface area (Å²) in [4.78, 5) is 0. The van der Waals surface area contributed by atoms with Gasteiger partial charge in [0, 0.05) is 10.8 Å². The van der Waals surface area contributed by atoms with Gasteiger partial charge in [-0.05, 0) is 47.8 Å². The van der Waals surface area contributed by atoms with E-state index in [1.54, 1.807) is 0 Å². The summed E-state index contributed by atoms with van der Waals surface area (Å²) >= 11 is 0. The monoisotopic (exact) mass is 336 g/mol. The van der Waals surface area contributed by atoms with Gasteiger partial charge in [0.05, 0.1) is 0 Å². The minimum Gasteiger partial charge on any atom is -0.0761 e. The molecule has 3 rings (SSSR count). The zero-order chi connectivity index (χ0) is 19.3. The lowest BCUT2D eigenvalue weighted by Gasteiger charge is -2.46. The second-order valence-corrected chi connectivity index (χ2v) is 7.78. The van der Waals surface area contributed by atoms with Gasteiger partial charge in [-0.25, -0.2) is 0 Å². The molecule has 0 aromatic carbocycles. The highest BCUT2D eigenvalue weighted by atomic mass is 14.5. The van der Waals surface area contributed by atoms with E-state index in [4.69, 9.17) is 0 Å². The Hall–Kier alpha value is -1.74. The molecule has 0 saturated heterocycles. The molecular formula is C25H36. The van der Waals surface area contributed by atoms with Crippen LogP contribution in [0.4, 0.5) is 0 Å². The van der Waals surface area contributed by atoms with E-state index in [-0.39, 0.29) is 10.8 Å². The summed E-state index contributed by atoms with van der Waals surface area (Å²) in [6.07, 6.45) is 13.6. The zero-order valence-electron chi connectivity index (χ0n) is 17.8. The summed E-state index contributed by atoms with van der Waals surface area (Å²) in [5.41, 5.74) is 13.5. The molecule has 0 unspecified atom stereocenters. The highest BCUT2D eigenvalue weighted by Crippen LogP contribution is 2.56. The molecule has 0 saturated carbocycles. The standard InChI is InChI=1S/C20H22.C3H8.C2H6/c1-14-10-12-17-18(13-11-14)20(4,5)16-9-7-6-8-15(16)19(17,2)3;1-3-2;1-2/h8-10,12-13H,11H2,1-5H3;3H2,1-2H3;1-2H3. The summed E-state index contributed by atoms with van der Waals surface area (Å²) < 4.78 is 0. The Balaban J connectivity index is 0.000000567. The summed E-state index contributed by atoms with van der Waals surface area (Å²) in [5.74, 6) is 0. The molecule has 0 spiro atoms. The first-order valence-corrected chi connectivity index (χ1v) is 9.78. The SMILES string of the molecule is CC.CC1=CC=C2C(=CC1)C(C)(C)C1=C(C=C=C=C1)C2(C)C.CCC. The maximum absolute atomic E-state index is 3.15. The van der Waals surface area contributed by atoms with Gasteiger partial charge in [0.2, 0.25) is 0 Å². The lowest BCUT2D eigenvalue weighted by Crippen LogP contribution is -2.34. The molecule has 3 aliphatic carbocycles. The summed E-state index contributed by atoms with van der Waals surface area (Å²) in [7, 11) is 0. The molecular weight excluding hydrogens is 300 g/mol. The van der Waals surface area contributed by atoms with Crippen molar-refractivity contribution in [2.45, 2.75) is 75.2 Å². The Morgan fingerprint density at radius 1 is 0.840 bits per heavy atom. The van der Waals surface area contributed by atoms with Crippen molar-refractivity contribution in [2.24, 2.45) is 10.8 Å². The van der Waals surface area contributed by atoms with Gasteiger partial charge in [-0.2, -0.15) is 0 Å². The Labute approximate surface area is 156 Å². The molecule has 0 heterocycles. The van der Waals surface area contributed by atoms with E-state index < -0.39 is 0 Å². The fourth-order valence-electron chi connectivity index (χ4n) is 3.60. The summed E-state index contributed by atoms with van der Waals surface area (Å²) in [6.45, 7) is 19.8. The second kappa shape index (κ2) is 8.57. The van der Waals surface area contributed by atoms with Gasteiger partial charge in [-0.1, -0.05) is 97.1 Å². The van der Waals surface area contributed by atoms with Crippen LogP contribution in [0.2, 0.25) is 0 Å².